The Morgan fingerprint density at radius 1 is 1.00 bits per heavy atom. The first-order valence-corrected chi connectivity index (χ1v) is 8.32. The van der Waals surface area contributed by atoms with E-state index in [0.29, 0.717) is 6.04 Å². The molecule has 2 unspecified atom stereocenters. The Balaban J connectivity index is 2.02. The molecular weight excluding hydrogens is 220 g/mol. The van der Waals surface area contributed by atoms with Crippen molar-refractivity contribution in [3.63, 3.8) is 0 Å². The zero-order chi connectivity index (χ0) is 12.8. The summed E-state index contributed by atoms with van der Waals surface area (Å²) < 4.78 is 0. The first kappa shape index (κ1) is 14.3. The van der Waals surface area contributed by atoms with Crippen molar-refractivity contribution >= 4 is 0 Å². The minimum atomic E-state index is 0.674. The summed E-state index contributed by atoms with van der Waals surface area (Å²) in [5, 5.41) is 0. The lowest BCUT2D eigenvalue weighted by atomic mass is 9.82. The van der Waals surface area contributed by atoms with Crippen molar-refractivity contribution in [2.45, 2.75) is 83.2 Å². The van der Waals surface area contributed by atoms with Crippen molar-refractivity contribution in [3.8, 4) is 0 Å². The van der Waals surface area contributed by atoms with E-state index in [-0.39, 0.29) is 0 Å². The molecule has 2 rings (SSSR count). The number of hydrogen-bond donors (Lipinski definition) is 1. The van der Waals surface area contributed by atoms with Gasteiger partial charge in [-0.15, -0.1) is 0 Å². The Hall–Kier alpha value is -0.0800. The maximum absolute atomic E-state index is 6.16. The zero-order valence-electron chi connectivity index (χ0n) is 12.2. The van der Waals surface area contributed by atoms with Crippen LogP contribution < -0.4 is 5.73 Å². The first-order valence-electron chi connectivity index (χ1n) is 8.32. The van der Waals surface area contributed by atoms with Crippen LogP contribution in [-0.2, 0) is 0 Å². The van der Waals surface area contributed by atoms with Crippen molar-refractivity contribution in [2.75, 3.05) is 13.1 Å². The van der Waals surface area contributed by atoms with Gasteiger partial charge in [0.1, 0.15) is 0 Å². The Kier molecular flexibility index (Phi) is 5.97. The molecule has 1 saturated heterocycles. The van der Waals surface area contributed by atoms with Crippen LogP contribution in [-0.4, -0.2) is 30.1 Å². The lowest BCUT2D eigenvalue weighted by Gasteiger charge is -2.41. The molecular formula is C16H32N2. The van der Waals surface area contributed by atoms with E-state index in [2.05, 4.69) is 11.8 Å². The number of likely N-dealkylation sites (tertiary alicyclic amines) is 1. The van der Waals surface area contributed by atoms with Gasteiger partial charge in [-0.25, -0.2) is 0 Å². The van der Waals surface area contributed by atoms with Crippen molar-refractivity contribution in [1.29, 1.82) is 0 Å². The van der Waals surface area contributed by atoms with Crippen LogP contribution in [0.15, 0.2) is 0 Å². The molecule has 0 aromatic heterocycles. The molecule has 2 N–H and O–H groups in total. The summed E-state index contributed by atoms with van der Waals surface area (Å²) in [5.74, 6) is 0.885. The molecule has 1 saturated carbocycles. The molecule has 1 heterocycles. The largest absolute Gasteiger partial charge is 0.329 e. The lowest BCUT2D eigenvalue weighted by Crippen LogP contribution is -2.50. The maximum atomic E-state index is 6.16. The van der Waals surface area contributed by atoms with Gasteiger partial charge in [0, 0.05) is 18.6 Å². The summed E-state index contributed by atoms with van der Waals surface area (Å²) in [6, 6.07) is 1.48. The minimum Gasteiger partial charge on any atom is -0.329 e. The molecule has 0 spiro atoms. The van der Waals surface area contributed by atoms with Gasteiger partial charge in [-0.3, -0.25) is 4.90 Å². The lowest BCUT2D eigenvalue weighted by molar-refractivity contribution is 0.0789. The van der Waals surface area contributed by atoms with Crippen LogP contribution in [0.1, 0.15) is 71.1 Å². The fraction of sp³-hybridized carbons (Fsp3) is 1.00. The van der Waals surface area contributed by atoms with Crippen molar-refractivity contribution < 1.29 is 0 Å². The fourth-order valence-corrected chi connectivity index (χ4v) is 4.19. The second kappa shape index (κ2) is 7.49. The highest BCUT2D eigenvalue weighted by Crippen LogP contribution is 2.32. The van der Waals surface area contributed by atoms with Gasteiger partial charge in [-0.1, -0.05) is 39.0 Å². The van der Waals surface area contributed by atoms with Gasteiger partial charge in [-0.05, 0) is 44.6 Å². The summed E-state index contributed by atoms with van der Waals surface area (Å²) in [6.45, 7) is 4.54. The van der Waals surface area contributed by atoms with Crippen LogP contribution >= 0.6 is 0 Å². The Morgan fingerprint density at radius 2 is 1.67 bits per heavy atom. The van der Waals surface area contributed by atoms with E-state index in [1.807, 2.05) is 0 Å². The first-order chi connectivity index (χ1) is 8.86. The molecule has 2 heteroatoms. The van der Waals surface area contributed by atoms with E-state index in [9.17, 15) is 0 Å². The van der Waals surface area contributed by atoms with E-state index in [1.54, 1.807) is 0 Å². The molecule has 0 aromatic carbocycles. The average Bonchev–Trinajstić information content (AvgIpc) is 2.66. The maximum Gasteiger partial charge on any atom is 0.0249 e. The second-order valence-corrected chi connectivity index (χ2v) is 6.35. The van der Waals surface area contributed by atoms with E-state index in [0.717, 1.165) is 18.5 Å². The normalized spacial score (nSPS) is 30.0. The highest BCUT2D eigenvalue weighted by molar-refractivity contribution is 4.87. The van der Waals surface area contributed by atoms with E-state index in [4.69, 9.17) is 5.73 Å². The smallest absolute Gasteiger partial charge is 0.0249 e. The minimum absolute atomic E-state index is 0.674. The predicted molar refractivity (Wildman–Crippen MR) is 78.7 cm³/mol. The van der Waals surface area contributed by atoms with E-state index in [1.165, 1.54) is 70.8 Å². The van der Waals surface area contributed by atoms with Gasteiger partial charge in [0.25, 0.3) is 0 Å². The molecule has 2 atom stereocenters. The van der Waals surface area contributed by atoms with Crippen molar-refractivity contribution in [2.24, 2.45) is 11.7 Å². The van der Waals surface area contributed by atoms with Gasteiger partial charge in [-0.2, -0.15) is 0 Å². The van der Waals surface area contributed by atoms with Crippen molar-refractivity contribution in [1.82, 2.24) is 4.90 Å². The molecule has 0 aromatic rings. The third-order valence-electron chi connectivity index (χ3n) is 5.26. The van der Waals surface area contributed by atoms with Crippen molar-refractivity contribution in [3.05, 3.63) is 0 Å². The summed E-state index contributed by atoms with van der Waals surface area (Å²) in [6.07, 6.45) is 14.1. The molecule has 106 valence electrons. The fourth-order valence-electron chi connectivity index (χ4n) is 4.19. The molecule has 1 aliphatic carbocycles. The van der Waals surface area contributed by atoms with Crippen LogP contribution in [0.25, 0.3) is 0 Å². The zero-order valence-corrected chi connectivity index (χ0v) is 12.2. The molecule has 0 radical (unpaired) electrons. The number of rotatable bonds is 4. The molecule has 2 nitrogen and oxygen atoms in total. The monoisotopic (exact) mass is 252 g/mol. The van der Waals surface area contributed by atoms with Crippen LogP contribution in [0.5, 0.6) is 0 Å². The third-order valence-corrected chi connectivity index (χ3v) is 5.26. The van der Waals surface area contributed by atoms with Gasteiger partial charge in [0.05, 0.1) is 0 Å². The second-order valence-electron chi connectivity index (χ2n) is 6.35. The van der Waals surface area contributed by atoms with Crippen LogP contribution in [0, 0.1) is 5.92 Å². The topological polar surface area (TPSA) is 29.3 Å². The molecule has 2 fully saturated rings. The number of nitrogens with zero attached hydrogens (tertiary/aromatic N) is 1. The highest BCUT2D eigenvalue weighted by atomic mass is 15.2. The molecule has 1 aliphatic heterocycles. The van der Waals surface area contributed by atoms with E-state index < -0.39 is 0 Å². The quantitative estimate of drug-likeness (QED) is 0.829. The van der Waals surface area contributed by atoms with Crippen LogP contribution in [0.3, 0.4) is 0 Å². The summed E-state index contributed by atoms with van der Waals surface area (Å²) in [5.41, 5.74) is 6.16. The van der Waals surface area contributed by atoms with Gasteiger partial charge in [0.15, 0.2) is 0 Å². The molecule has 2 aliphatic rings. The molecule has 18 heavy (non-hydrogen) atoms. The molecule has 0 bridgehead atoms. The van der Waals surface area contributed by atoms with E-state index >= 15 is 0 Å². The van der Waals surface area contributed by atoms with Gasteiger partial charge >= 0.3 is 0 Å². The predicted octanol–water partition coefficient (Wildman–Crippen LogP) is 3.55. The Labute approximate surface area is 113 Å². The third kappa shape index (κ3) is 3.48. The standard InChI is InChI=1S/C16H32N2/c1-2-15-11-7-4-8-12-18(15)16(13-17)14-9-5-3-6-10-14/h14-16H,2-13,17H2,1H3. The highest BCUT2D eigenvalue weighted by Gasteiger charge is 2.31. The van der Waals surface area contributed by atoms with Crippen LogP contribution in [0.4, 0.5) is 0 Å². The van der Waals surface area contributed by atoms with Gasteiger partial charge in [0.2, 0.25) is 0 Å². The molecule has 0 amide bonds. The number of nitrogens with two attached hydrogens (primary N) is 1. The Morgan fingerprint density at radius 3 is 2.33 bits per heavy atom. The number of hydrogen-bond acceptors (Lipinski definition) is 2. The van der Waals surface area contributed by atoms with Gasteiger partial charge < -0.3 is 5.73 Å². The van der Waals surface area contributed by atoms with Crippen LogP contribution in [0.2, 0.25) is 0 Å². The SMILES string of the molecule is CCC1CCCCCN1C(CN)C1CCCCC1. The summed E-state index contributed by atoms with van der Waals surface area (Å²) in [4.78, 5) is 2.81. The Bertz CT molecular complexity index is 223. The average molecular weight is 252 g/mol. The summed E-state index contributed by atoms with van der Waals surface area (Å²) >= 11 is 0. The summed E-state index contributed by atoms with van der Waals surface area (Å²) in [7, 11) is 0.